The summed E-state index contributed by atoms with van der Waals surface area (Å²) in [6, 6.07) is 1.77. The van der Waals surface area contributed by atoms with Crippen LogP contribution in [0.2, 0.25) is 0 Å². The van der Waals surface area contributed by atoms with E-state index in [1.54, 1.807) is 13.8 Å². The van der Waals surface area contributed by atoms with Gasteiger partial charge in [0.15, 0.2) is 23.3 Å². The fourth-order valence-electron chi connectivity index (χ4n) is 2.06. The molecule has 20 heavy (non-hydrogen) atoms. The van der Waals surface area contributed by atoms with Crippen LogP contribution in [0.5, 0.6) is 0 Å². The third-order valence-corrected chi connectivity index (χ3v) is 3.06. The molecular weight excluding hydrogens is 267 g/mol. The molecule has 0 aliphatic rings. The van der Waals surface area contributed by atoms with Crippen LogP contribution in [-0.2, 0) is 6.42 Å². The number of aryl methyl sites for hydroxylation is 2. The van der Waals surface area contributed by atoms with Crippen molar-refractivity contribution in [2.24, 2.45) is 5.73 Å². The zero-order valence-corrected chi connectivity index (χ0v) is 11.2. The Bertz CT molecular complexity index is 610. The second kappa shape index (κ2) is 5.58. The summed E-state index contributed by atoms with van der Waals surface area (Å²) in [7, 11) is 0. The summed E-state index contributed by atoms with van der Waals surface area (Å²) in [5, 5.41) is 0. The monoisotopic (exact) mass is 281 g/mol. The summed E-state index contributed by atoms with van der Waals surface area (Å²) in [5.41, 5.74) is 7.92. The summed E-state index contributed by atoms with van der Waals surface area (Å²) >= 11 is 0. The van der Waals surface area contributed by atoms with Crippen LogP contribution in [0.15, 0.2) is 12.1 Å². The summed E-state index contributed by atoms with van der Waals surface area (Å²) in [6.07, 6.45) is 0.629. The Balaban J connectivity index is 2.54. The molecule has 2 rings (SSSR count). The molecule has 106 valence electrons. The van der Waals surface area contributed by atoms with Gasteiger partial charge in [0.05, 0.1) is 0 Å². The molecule has 0 spiro atoms. The first-order valence-electron chi connectivity index (χ1n) is 6.13. The molecule has 3 nitrogen and oxygen atoms in total. The van der Waals surface area contributed by atoms with Crippen molar-refractivity contribution in [1.29, 1.82) is 0 Å². The third-order valence-electron chi connectivity index (χ3n) is 3.06. The molecule has 2 aromatic rings. The van der Waals surface area contributed by atoms with E-state index >= 15 is 0 Å². The maximum absolute atomic E-state index is 13.2. The van der Waals surface area contributed by atoms with E-state index in [0.717, 1.165) is 17.7 Å². The Kier molecular flexibility index (Phi) is 4.04. The molecule has 0 saturated carbocycles. The maximum atomic E-state index is 13.2. The fourth-order valence-corrected chi connectivity index (χ4v) is 2.06. The highest BCUT2D eigenvalue weighted by Gasteiger charge is 2.15. The second-order valence-corrected chi connectivity index (χ2v) is 4.49. The highest BCUT2D eigenvalue weighted by atomic mass is 19.2. The van der Waals surface area contributed by atoms with Gasteiger partial charge in [-0.15, -0.1) is 0 Å². The van der Waals surface area contributed by atoms with Crippen molar-refractivity contribution in [3.8, 4) is 11.4 Å². The number of nitrogens with zero attached hydrogens (tertiary/aromatic N) is 2. The predicted molar refractivity (Wildman–Crippen MR) is 69.6 cm³/mol. The minimum Gasteiger partial charge on any atom is -0.330 e. The minimum absolute atomic E-state index is 0.104. The summed E-state index contributed by atoms with van der Waals surface area (Å²) in [4.78, 5) is 8.42. The Morgan fingerprint density at radius 2 is 1.50 bits per heavy atom. The van der Waals surface area contributed by atoms with Crippen LogP contribution in [0, 0.1) is 31.3 Å². The van der Waals surface area contributed by atoms with Gasteiger partial charge in [-0.3, -0.25) is 0 Å². The highest BCUT2D eigenvalue weighted by molar-refractivity contribution is 5.56. The van der Waals surface area contributed by atoms with Gasteiger partial charge in [-0.2, -0.15) is 0 Å². The van der Waals surface area contributed by atoms with Gasteiger partial charge in [-0.25, -0.2) is 23.1 Å². The number of hydrogen-bond donors (Lipinski definition) is 1. The third kappa shape index (κ3) is 2.65. The zero-order chi connectivity index (χ0) is 14.9. The molecule has 0 amide bonds. The molecule has 6 heteroatoms. The number of benzene rings is 1. The molecular formula is C14H14F3N3. The van der Waals surface area contributed by atoms with Crippen molar-refractivity contribution in [1.82, 2.24) is 9.97 Å². The zero-order valence-electron chi connectivity index (χ0n) is 11.2. The van der Waals surface area contributed by atoms with E-state index in [0.29, 0.717) is 24.4 Å². The van der Waals surface area contributed by atoms with Crippen molar-refractivity contribution in [3.05, 3.63) is 46.5 Å². The summed E-state index contributed by atoms with van der Waals surface area (Å²) in [5.74, 6) is -3.85. The van der Waals surface area contributed by atoms with Crippen molar-refractivity contribution in [2.75, 3.05) is 6.54 Å². The smallest absolute Gasteiger partial charge is 0.194 e. The topological polar surface area (TPSA) is 51.8 Å². The van der Waals surface area contributed by atoms with Crippen molar-refractivity contribution in [2.45, 2.75) is 20.3 Å². The van der Waals surface area contributed by atoms with E-state index < -0.39 is 17.5 Å². The van der Waals surface area contributed by atoms with Crippen LogP contribution in [0.25, 0.3) is 11.4 Å². The van der Waals surface area contributed by atoms with E-state index in [4.69, 9.17) is 5.73 Å². The van der Waals surface area contributed by atoms with Crippen molar-refractivity contribution < 1.29 is 13.2 Å². The number of rotatable bonds is 3. The van der Waals surface area contributed by atoms with Crippen LogP contribution in [0.4, 0.5) is 13.2 Å². The molecule has 2 N–H and O–H groups in total. The number of halogens is 3. The van der Waals surface area contributed by atoms with Gasteiger partial charge in [-0.1, -0.05) is 0 Å². The molecule has 0 aliphatic heterocycles. The largest absolute Gasteiger partial charge is 0.330 e. The van der Waals surface area contributed by atoms with Gasteiger partial charge in [0, 0.05) is 17.0 Å². The molecule has 0 radical (unpaired) electrons. The quantitative estimate of drug-likeness (QED) is 0.880. The Hall–Kier alpha value is -1.95. The van der Waals surface area contributed by atoms with E-state index in [-0.39, 0.29) is 11.4 Å². The van der Waals surface area contributed by atoms with Crippen LogP contribution in [-0.4, -0.2) is 16.5 Å². The van der Waals surface area contributed by atoms with Gasteiger partial charge in [-0.05, 0) is 44.5 Å². The van der Waals surface area contributed by atoms with Crippen molar-refractivity contribution in [3.63, 3.8) is 0 Å². The van der Waals surface area contributed by atoms with E-state index in [1.807, 2.05) is 0 Å². The average Bonchev–Trinajstić information content (AvgIpc) is 2.39. The number of aromatic nitrogens is 2. The average molecular weight is 281 g/mol. The van der Waals surface area contributed by atoms with Gasteiger partial charge in [0.2, 0.25) is 0 Å². The first-order valence-corrected chi connectivity index (χ1v) is 6.13. The molecule has 0 unspecified atom stereocenters. The summed E-state index contributed by atoms with van der Waals surface area (Å²) in [6.45, 7) is 4.02. The second-order valence-electron chi connectivity index (χ2n) is 4.49. The highest BCUT2D eigenvalue weighted by Crippen LogP contribution is 2.23. The van der Waals surface area contributed by atoms with E-state index in [9.17, 15) is 13.2 Å². The Labute approximate surface area is 114 Å². The minimum atomic E-state index is -1.50. The SMILES string of the molecule is Cc1nc(-c2cc(F)c(F)c(F)c2)nc(C)c1CCN. The molecule has 1 aromatic heterocycles. The lowest BCUT2D eigenvalue weighted by molar-refractivity contribution is 0.447. The lowest BCUT2D eigenvalue weighted by Crippen LogP contribution is -2.09. The lowest BCUT2D eigenvalue weighted by Gasteiger charge is -2.10. The first kappa shape index (κ1) is 14.5. The Morgan fingerprint density at radius 3 is 1.95 bits per heavy atom. The predicted octanol–water partition coefficient (Wildman–Crippen LogP) is 2.68. The van der Waals surface area contributed by atoms with Gasteiger partial charge < -0.3 is 5.73 Å². The molecule has 0 saturated heterocycles. The lowest BCUT2D eigenvalue weighted by atomic mass is 10.1. The molecule has 0 aliphatic carbocycles. The van der Waals surface area contributed by atoms with Crippen molar-refractivity contribution >= 4 is 0 Å². The van der Waals surface area contributed by atoms with Crippen LogP contribution in [0.3, 0.4) is 0 Å². The number of nitrogens with two attached hydrogens (primary N) is 1. The normalized spacial score (nSPS) is 10.9. The van der Waals surface area contributed by atoms with Gasteiger partial charge in [0.1, 0.15) is 0 Å². The van der Waals surface area contributed by atoms with Crippen LogP contribution >= 0.6 is 0 Å². The molecule has 0 atom stereocenters. The number of hydrogen-bond acceptors (Lipinski definition) is 3. The summed E-state index contributed by atoms with van der Waals surface area (Å²) < 4.78 is 39.4. The molecule has 0 bridgehead atoms. The van der Waals surface area contributed by atoms with Gasteiger partial charge >= 0.3 is 0 Å². The fraction of sp³-hybridized carbons (Fsp3) is 0.286. The Morgan fingerprint density at radius 1 is 1.00 bits per heavy atom. The van der Waals surface area contributed by atoms with Crippen LogP contribution in [0.1, 0.15) is 17.0 Å². The molecule has 0 fully saturated rings. The standard InChI is InChI=1S/C14H14F3N3/c1-7-10(3-4-18)8(2)20-14(19-7)9-5-11(15)13(17)12(16)6-9/h5-6H,3-4,18H2,1-2H3. The van der Waals surface area contributed by atoms with E-state index in [2.05, 4.69) is 9.97 Å². The maximum Gasteiger partial charge on any atom is 0.194 e. The van der Waals surface area contributed by atoms with Crippen LogP contribution < -0.4 is 5.73 Å². The first-order chi connectivity index (χ1) is 9.43. The molecule has 1 aromatic carbocycles. The molecule has 1 heterocycles. The van der Waals surface area contributed by atoms with Gasteiger partial charge in [0.25, 0.3) is 0 Å². The van der Waals surface area contributed by atoms with E-state index in [1.165, 1.54) is 0 Å².